The lowest BCUT2D eigenvalue weighted by molar-refractivity contribution is 0.0526. The maximum Gasteiger partial charge on any atom is 0.338 e. The summed E-state index contributed by atoms with van der Waals surface area (Å²) in [5, 5.41) is 3.97. The van der Waals surface area contributed by atoms with E-state index in [1.54, 1.807) is 19.1 Å². The van der Waals surface area contributed by atoms with Gasteiger partial charge in [-0.15, -0.1) is 0 Å². The Labute approximate surface area is 191 Å². The van der Waals surface area contributed by atoms with E-state index in [2.05, 4.69) is 16.0 Å². The highest BCUT2D eigenvalue weighted by Gasteiger charge is 2.11. The molecule has 164 valence electrons. The first-order chi connectivity index (χ1) is 15.7. The first kappa shape index (κ1) is 21.7. The van der Waals surface area contributed by atoms with Gasteiger partial charge >= 0.3 is 5.97 Å². The number of anilines is 1. The highest BCUT2D eigenvalue weighted by molar-refractivity contribution is 6.32. The average Bonchev–Trinajstić information content (AvgIpc) is 3.17. The van der Waals surface area contributed by atoms with Crippen molar-refractivity contribution in [3.05, 3.63) is 89.2 Å². The van der Waals surface area contributed by atoms with Gasteiger partial charge in [0.15, 0.2) is 0 Å². The van der Waals surface area contributed by atoms with Crippen LogP contribution in [0.1, 0.15) is 23.1 Å². The lowest BCUT2D eigenvalue weighted by Gasteiger charge is -2.13. The first-order valence-electron chi connectivity index (χ1n) is 10.5. The van der Waals surface area contributed by atoms with Crippen LogP contribution in [0.5, 0.6) is 5.75 Å². The molecule has 0 amide bonds. The Morgan fingerprint density at radius 1 is 1.03 bits per heavy atom. The molecule has 0 fully saturated rings. The lowest BCUT2D eigenvalue weighted by Crippen LogP contribution is -2.14. The minimum absolute atomic E-state index is 0.320. The Morgan fingerprint density at radius 2 is 1.78 bits per heavy atom. The van der Waals surface area contributed by atoms with Crippen molar-refractivity contribution in [1.82, 2.24) is 9.55 Å². The molecule has 0 spiro atoms. The number of hydrogen-bond acceptors (Lipinski definition) is 5. The van der Waals surface area contributed by atoms with Gasteiger partial charge in [-0.05, 0) is 55.5 Å². The number of carbonyl (C=O) groups excluding carboxylic acids is 1. The van der Waals surface area contributed by atoms with Crippen molar-refractivity contribution in [2.45, 2.75) is 20.0 Å². The third-order valence-corrected chi connectivity index (χ3v) is 5.30. The van der Waals surface area contributed by atoms with E-state index in [9.17, 15) is 4.79 Å². The third kappa shape index (κ3) is 5.03. The minimum Gasteiger partial charge on any atom is -0.490 e. The van der Waals surface area contributed by atoms with E-state index in [1.165, 1.54) is 0 Å². The van der Waals surface area contributed by atoms with Gasteiger partial charge in [0, 0.05) is 5.69 Å². The molecule has 0 saturated heterocycles. The van der Waals surface area contributed by atoms with Crippen molar-refractivity contribution in [3.8, 4) is 5.75 Å². The molecular formula is C25H24ClN3O3. The first-order valence-corrected chi connectivity index (χ1v) is 10.9. The van der Waals surface area contributed by atoms with Crippen molar-refractivity contribution >= 4 is 34.3 Å². The average molecular weight is 450 g/mol. The van der Waals surface area contributed by atoms with Gasteiger partial charge in [0.1, 0.15) is 18.2 Å². The number of imidazole rings is 1. The lowest BCUT2D eigenvalue weighted by atomic mass is 10.2. The second-order valence-corrected chi connectivity index (χ2v) is 7.51. The minimum atomic E-state index is -0.320. The van der Waals surface area contributed by atoms with Gasteiger partial charge in [0.25, 0.3) is 0 Å². The fraction of sp³-hybridized carbons (Fsp3) is 0.200. The molecule has 6 nitrogen and oxygen atoms in total. The van der Waals surface area contributed by atoms with Crippen LogP contribution in [0.25, 0.3) is 11.0 Å². The van der Waals surface area contributed by atoms with Gasteiger partial charge in [-0.1, -0.05) is 35.9 Å². The van der Waals surface area contributed by atoms with E-state index in [4.69, 9.17) is 26.1 Å². The summed E-state index contributed by atoms with van der Waals surface area (Å²) in [5.41, 5.74) is 3.40. The summed E-state index contributed by atoms with van der Waals surface area (Å²) in [6, 6.07) is 22.7. The fourth-order valence-corrected chi connectivity index (χ4v) is 3.63. The van der Waals surface area contributed by atoms with Gasteiger partial charge < -0.3 is 19.4 Å². The zero-order valence-electron chi connectivity index (χ0n) is 17.8. The summed E-state index contributed by atoms with van der Waals surface area (Å²) in [4.78, 5) is 16.6. The van der Waals surface area contributed by atoms with Gasteiger partial charge in [-0.3, -0.25) is 0 Å². The van der Waals surface area contributed by atoms with Gasteiger partial charge in [-0.25, -0.2) is 9.78 Å². The number of nitrogens with zero attached hydrogens (tertiary/aromatic N) is 2. The molecule has 0 atom stereocenters. The molecular weight excluding hydrogens is 426 g/mol. The number of esters is 1. The molecule has 0 radical (unpaired) electrons. The van der Waals surface area contributed by atoms with E-state index in [0.717, 1.165) is 22.5 Å². The zero-order valence-corrected chi connectivity index (χ0v) is 18.5. The second kappa shape index (κ2) is 10.2. The number of para-hydroxylation sites is 3. The van der Waals surface area contributed by atoms with Crippen LogP contribution in [0.4, 0.5) is 5.69 Å². The molecule has 32 heavy (non-hydrogen) atoms. The molecule has 0 saturated carbocycles. The van der Waals surface area contributed by atoms with Gasteiger partial charge in [0.05, 0.1) is 41.3 Å². The number of rotatable bonds is 9. The van der Waals surface area contributed by atoms with Crippen LogP contribution in [0, 0.1) is 0 Å². The topological polar surface area (TPSA) is 65.4 Å². The van der Waals surface area contributed by atoms with E-state index in [1.807, 2.05) is 54.6 Å². The molecule has 1 heterocycles. The van der Waals surface area contributed by atoms with Crippen molar-refractivity contribution in [3.63, 3.8) is 0 Å². The standard InChI is InChI=1S/C25H24ClN3O3/c1-2-31-25(30)18-11-13-19(14-12-18)27-17-24-28-21-8-4-5-9-22(21)29(24)15-16-32-23-10-6-3-7-20(23)26/h3-14,27H,2,15-17H2,1H3. The van der Waals surface area contributed by atoms with Crippen LogP contribution in [0.3, 0.4) is 0 Å². The summed E-state index contributed by atoms with van der Waals surface area (Å²) in [6.07, 6.45) is 0. The van der Waals surface area contributed by atoms with Crippen LogP contribution in [0.2, 0.25) is 5.02 Å². The largest absolute Gasteiger partial charge is 0.490 e. The van der Waals surface area contributed by atoms with Crippen molar-refractivity contribution in [1.29, 1.82) is 0 Å². The number of nitrogens with one attached hydrogen (secondary N) is 1. The summed E-state index contributed by atoms with van der Waals surface area (Å²) in [7, 11) is 0. The number of halogens is 1. The predicted molar refractivity (Wildman–Crippen MR) is 126 cm³/mol. The molecule has 1 N–H and O–H groups in total. The number of hydrogen-bond donors (Lipinski definition) is 1. The number of benzene rings is 3. The predicted octanol–water partition coefficient (Wildman–Crippen LogP) is 5.56. The van der Waals surface area contributed by atoms with Crippen LogP contribution >= 0.6 is 11.6 Å². The molecule has 0 unspecified atom stereocenters. The molecule has 4 aromatic rings. The molecule has 4 rings (SSSR count). The summed E-state index contributed by atoms with van der Waals surface area (Å²) in [5.74, 6) is 1.24. The third-order valence-electron chi connectivity index (χ3n) is 4.99. The molecule has 7 heteroatoms. The summed E-state index contributed by atoms with van der Waals surface area (Å²) >= 11 is 6.19. The molecule has 0 aliphatic heterocycles. The number of carbonyl (C=O) groups is 1. The number of ether oxygens (including phenoxy) is 2. The molecule has 0 bridgehead atoms. The summed E-state index contributed by atoms with van der Waals surface area (Å²) < 4.78 is 13.1. The quantitative estimate of drug-likeness (QED) is 0.339. The van der Waals surface area contributed by atoms with E-state index < -0.39 is 0 Å². The van der Waals surface area contributed by atoms with Crippen molar-refractivity contribution in [2.24, 2.45) is 0 Å². The molecule has 0 aliphatic rings. The van der Waals surface area contributed by atoms with Crippen molar-refractivity contribution in [2.75, 3.05) is 18.5 Å². The Balaban J connectivity index is 1.46. The van der Waals surface area contributed by atoms with Crippen LogP contribution < -0.4 is 10.1 Å². The SMILES string of the molecule is CCOC(=O)c1ccc(NCc2nc3ccccc3n2CCOc2ccccc2Cl)cc1. The highest BCUT2D eigenvalue weighted by atomic mass is 35.5. The smallest absolute Gasteiger partial charge is 0.338 e. The maximum absolute atomic E-state index is 11.8. The molecule has 0 aliphatic carbocycles. The molecule has 3 aromatic carbocycles. The van der Waals surface area contributed by atoms with Gasteiger partial charge in [0.2, 0.25) is 0 Å². The van der Waals surface area contributed by atoms with E-state index in [-0.39, 0.29) is 5.97 Å². The Hall–Kier alpha value is -3.51. The Bertz CT molecular complexity index is 1200. The Morgan fingerprint density at radius 3 is 2.56 bits per heavy atom. The second-order valence-electron chi connectivity index (χ2n) is 7.10. The fourth-order valence-electron chi connectivity index (χ4n) is 3.44. The van der Waals surface area contributed by atoms with Crippen LogP contribution in [0.15, 0.2) is 72.8 Å². The number of fused-ring (bicyclic) bond motifs is 1. The van der Waals surface area contributed by atoms with Crippen LogP contribution in [-0.4, -0.2) is 28.7 Å². The van der Waals surface area contributed by atoms with E-state index in [0.29, 0.717) is 42.6 Å². The maximum atomic E-state index is 11.8. The van der Waals surface area contributed by atoms with Gasteiger partial charge in [-0.2, -0.15) is 0 Å². The monoisotopic (exact) mass is 449 g/mol. The zero-order chi connectivity index (χ0) is 22.3. The Kier molecular flexibility index (Phi) is 6.92. The van der Waals surface area contributed by atoms with Crippen LogP contribution in [-0.2, 0) is 17.8 Å². The normalized spacial score (nSPS) is 10.8. The highest BCUT2D eigenvalue weighted by Crippen LogP contribution is 2.23. The summed E-state index contributed by atoms with van der Waals surface area (Å²) in [6.45, 7) is 3.77. The molecule has 1 aromatic heterocycles. The van der Waals surface area contributed by atoms with Crippen molar-refractivity contribution < 1.29 is 14.3 Å². The van der Waals surface area contributed by atoms with E-state index >= 15 is 0 Å². The number of aromatic nitrogens is 2.